The number of aliphatic imine (C=N–C) groups is 1. The molecule has 0 aliphatic carbocycles. The van der Waals surface area contributed by atoms with Crippen LogP contribution in [-0.4, -0.2) is 69.4 Å². The van der Waals surface area contributed by atoms with Crippen molar-refractivity contribution in [3.05, 3.63) is 68.7 Å². The number of carbonyl (C=O) groups excluding carboxylic acids is 3. The fourth-order valence-corrected chi connectivity index (χ4v) is 5.26. The van der Waals surface area contributed by atoms with Crippen LogP contribution in [0.3, 0.4) is 0 Å². The number of aromatic nitrogens is 2. The zero-order valence-corrected chi connectivity index (χ0v) is 24.2. The largest absolute Gasteiger partial charge is 0.371 e. The maximum atomic E-state index is 13.8. The van der Waals surface area contributed by atoms with E-state index in [4.69, 9.17) is 11.6 Å². The number of amides is 3. The van der Waals surface area contributed by atoms with Crippen molar-refractivity contribution in [1.82, 2.24) is 25.1 Å². The van der Waals surface area contributed by atoms with Crippen LogP contribution in [0.1, 0.15) is 53.5 Å². The van der Waals surface area contributed by atoms with Crippen LogP contribution in [0.25, 0.3) is 0 Å². The second kappa shape index (κ2) is 12.7. The Morgan fingerprint density at radius 1 is 1.15 bits per heavy atom. The smallest absolute Gasteiger partial charge is 0.272 e. The lowest BCUT2D eigenvalue weighted by molar-refractivity contribution is -0.130. The predicted molar refractivity (Wildman–Crippen MR) is 152 cm³/mol. The molecule has 0 bridgehead atoms. The maximum Gasteiger partial charge on any atom is 0.272 e. The first kappa shape index (κ1) is 30.0. The lowest BCUT2D eigenvalue weighted by Gasteiger charge is -2.37. The van der Waals surface area contributed by atoms with Gasteiger partial charge >= 0.3 is 0 Å². The Kier molecular flexibility index (Phi) is 9.31. The molecule has 0 aromatic carbocycles. The molecule has 216 valence electrons. The molecule has 4 heterocycles. The van der Waals surface area contributed by atoms with Crippen molar-refractivity contribution in [2.45, 2.75) is 39.2 Å². The number of anilines is 1. The van der Waals surface area contributed by atoms with Crippen LogP contribution in [0.4, 0.5) is 14.6 Å². The zero-order chi connectivity index (χ0) is 29.7. The fraction of sp³-hybridized carbons (Fsp3) is 0.370. The van der Waals surface area contributed by atoms with Gasteiger partial charge in [-0.1, -0.05) is 11.6 Å². The molecule has 1 unspecified atom stereocenters. The van der Waals surface area contributed by atoms with Crippen molar-refractivity contribution in [2.75, 3.05) is 31.5 Å². The topological polar surface area (TPSA) is 120 Å². The number of alkyl halides is 2. The molecule has 0 saturated carbocycles. The number of allylic oxidation sites excluding steroid dienone is 1. The molecule has 2 aromatic rings. The van der Waals surface area contributed by atoms with Crippen molar-refractivity contribution in [3.8, 4) is 0 Å². The van der Waals surface area contributed by atoms with E-state index in [9.17, 15) is 23.2 Å². The van der Waals surface area contributed by atoms with Crippen LogP contribution in [0.5, 0.6) is 0 Å². The average Bonchev–Trinajstić information content (AvgIpc) is 3.40. The van der Waals surface area contributed by atoms with Gasteiger partial charge < -0.3 is 20.4 Å². The van der Waals surface area contributed by atoms with E-state index in [1.54, 1.807) is 24.8 Å². The lowest BCUT2D eigenvalue weighted by atomic mass is 10.1. The van der Waals surface area contributed by atoms with Crippen LogP contribution in [0.15, 0.2) is 53.2 Å². The number of pyridine rings is 1. The Balaban J connectivity index is 1.41. The molecule has 0 spiro atoms. The number of piperazine rings is 1. The van der Waals surface area contributed by atoms with E-state index in [2.05, 4.69) is 36.2 Å². The highest BCUT2D eigenvalue weighted by atomic mass is 35.5. The minimum atomic E-state index is -3.21. The summed E-state index contributed by atoms with van der Waals surface area (Å²) in [6.07, 6.45) is 7.94. The first-order valence-electron chi connectivity index (χ1n) is 12.7. The van der Waals surface area contributed by atoms with Crippen molar-refractivity contribution < 1.29 is 23.2 Å². The highest BCUT2D eigenvalue weighted by Crippen LogP contribution is 2.33. The molecule has 1 fully saturated rings. The molecule has 2 aliphatic heterocycles. The molecule has 1 atom stereocenters. The highest BCUT2D eigenvalue weighted by Gasteiger charge is 2.28. The summed E-state index contributed by atoms with van der Waals surface area (Å²) in [5.74, 6) is -4.28. The first-order chi connectivity index (χ1) is 19.4. The number of hydrogen-bond acceptors (Lipinski definition) is 8. The normalized spacial score (nSPS) is 17.6. The molecule has 2 aliphatic rings. The number of rotatable bonds is 7. The summed E-state index contributed by atoms with van der Waals surface area (Å²) in [6.45, 7) is 6.46. The third kappa shape index (κ3) is 7.63. The monoisotopic (exact) mass is 603 g/mol. The van der Waals surface area contributed by atoms with E-state index < -0.39 is 29.3 Å². The predicted octanol–water partition coefficient (Wildman–Crippen LogP) is 4.29. The summed E-state index contributed by atoms with van der Waals surface area (Å²) < 4.78 is 27.6. The summed E-state index contributed by atoms with van der Waals surface area (Å²) in [5, 5.41) is 5.58. The van der Waals surface area contributed by atoms with Gasteiger partial charge in [-0.3, -0.25) is 14.4 Å². The van der Waals surface area contributed by atoms with E-state index in [0.29, 0.717) is 44.5 Å². The Morgan fingerprint density at radius 3 is 2.56 bits per heavy atom. The number of nitrogens with one attached hydrogen (secondary N) is 2. The van der Waals surface area contributed by atoms with Gasteiger partial charge in [0, 0.05) is 63.9 Å². The minimum absolute atomic E-state index is 0.0366. The van der Waals surface area contributed by atoms with Gasteiger partial charge in [0.2, 0.25) is 5.91 Å². The van der Waals surface area contributed by atoms with Crippen molar-refractivity contribution in [2.24, 2.45) is 4.99 Å². The van der Waals surface area contributed by atoms with Crippen LogP contribution in [-0.2, 0) is 15.5 Å². The van der Waals surface area contributed by atoms with Crippen LogP contribution in [0, 0.1) is 0 Å². The van der Waals surface area contributed by atoms with E-state index in [-0.39, 0.29) is 27.3 Å². The van der Waals surface area contributed by atoms with Crippen LogP contribution in [0.2, 0.25) is 5.02 Å². The number of thiazole rings is 1. The lowest BCUT2D eigenvalue weighted by Crippen LogP contribution is -2.47. The molecular formula is C27H28ClF2N7O3S. The van der Waals surface area contributed by atoms with Gasteiger partial charge in [0.05, 0.1) is 23.5 Å². The standard InChI is InChI=1S/C27H28ClF2N7O3S/c1-16(26-33-15-22(41-26)25(40)35-23-13-19(27(3,29)30)20(28)14-32-23)34-24(39)21-12-18(6-4-5-7-31-21)37-10-8-36(9-11-37)17(2)38/h4,7,12-16H,6,8-11H2,1-3H3,(H,34,39)(H,32,35,40)/b18-12+,31-21?. The first-order valence-corrected chi connectivity index (χ1v) is 13.9. The second-order valence-electron chi connectivity index (χ2n) is 9.50. The quantitative estimate of drug-likeness (QED) is 0.456. The molecule has 4 rings (SSSR count). The third-order valence-corrected chi connectivity index (χ3v) is 7.89. The second-order valence-corrected chi connectivity index (χ2v) is 11.0. The van der Waals surface area contributed by atoms with Gasteiger partial charge in [-0.15, -0.1) is 17.1 Å². The van der Waals surface area contributed by atoms with E-state index in [1.807, 2.05) is 6.08 Å². The zero-order valence-electron chi connectivity index (χ0n) is 22.6. The summed E-state index contributed by atoms with van der Waals surface area (Å²) in [7, 11) is 0. The van der Waals surface area contributed by atoms with Crippen LogP contribution >= 0.6 is 22.9 Å². The molecule has 0 radical (unpaired) electrons. The number of halogens is 3. The SMILES string of the molecule is CC(=O)N1CCN(/C2=C/C(C(=O)NC(C)c3ncc(C(=O)Nc4cc(C(C)(F)F)c(Cl)cn4)s3)=NC=C=CC2)CC1. The Labute approximate surface area is 244 Å². The number of carbonyl (C=O) groups is 3. The fourth-order valence-electron chi connectivity index (χ4n) is 4.18. The average molecular weight is 604 g/mol. The number of nitrogens with zero attached hydrogens (tertiary/aromatic N) is 5. The Morgan fingerprint density at radius 2 is 1.88 bits per heavy atom. The Hall–Kier alpha value is -3.93. The van der Waals surface area contributed by atoms with Crippen LogP contribution < -0.4 is 10.6 Å². The van der Waals surface area contributed by atoms with E-state index in [1.165, 1.54) is 12.4 Å². The number of hydrogen-bond donors (Lipinski definition) is 2. The summed E-state index contributed by atoms with van der Waals surface area (Å²) in [4.78, 5) is 54.0. The summed E-state index contributed by atoms with van der Waals surface area (Å²) in [5.41, 5.74) is 3.57. The maximum absolute atomic E-state index is 13.8. The van der Waals surface area contributed by atoms with E-state index in [0.717, 1.165) is 29.3 Å². The molecular weight excluding hydrogens is 576 g/mol. The third-order valence-electron chi connectivity index (χ3n) is 6.41. The van der Waals surface area contributed by atoms with E-state index >= 15 is 0 Å². The van der Waals surface area contributed by atoms with Crippen molar-refractivity contribution in [3.63, 3.8) is 0 Å². The highest BCUT2D eigenvalue weighted by molar-refractivity contribution is 7.13. The summed E-state index contributed by atoms with van der Waals surface area (Å²) in [6, 6.07) is 0.465. The van der Waals surface area contributed by atoms with Gasteiger partial charge in [-0.05, 0) is 25.1 Å². The van der Waals surface area contributed by atoms with Gasteiger partial charge in [0.25, 0.3) is 17.7 Å². The van der Waals surface area contributed by atoms with Crippen molar-refractivity contribution in [1.29, 1.82) is 0 Å². The van der Waals surface area contributed by atoms with Gasteiger partial charge in [-0.2, -0.15) is 0 Å². The minimum Gasteiger partial charge on any atom is -0.371 e. The Bertz CT molecular complexity index is 1470. The molecule has 1 saturated heterocycles. The molecule has 2 N–H and O–H groups in total. The van der Waals surface area contributed by atoms with Crippen molar-refractivity contribution >= 4 is 52.2 Å². The summed E-state index contributed by atoms with van der Waals surface area (Å²) >= 11 is 6.86. The molecule has 14 heteroatoms. The molecule has 41 heavy (non-hydrogen) atoms. The van der Waals surface area contributed by atoms with Gasteiger partial charge in [-0.25, -0.2) is 23.7 Å². The molecule has 10 nitrogen and oxygen atoms in total. The molecule has 3 amide bonds. The van der Waals surface area contributed by atoms with Gasteiger partial charge in [0.1, 0.15) is 21.4 Å². The molecule has 2 aromatic heterocycles. The van der Waals surface area contributed by atoms with Gasteiger partial charge in [0.15, 0.2) is 0 Å².